The first-order chi connectivity index (χ1) is 13.6. The molecule has 0 atom stereocenters. The second-order valence-corrected chi connectivity index (χ2v) is 6.26. The fraction of sp³-hybridized carbons (Fsp3) is 0.0952. The van der Waals surface area contributed by atoms with Gasteiger partial charge in [-0.2, -0.15) is 4.98 Å². The Balaban J connectivity index is 1.67. The van der Waals surface area contributed by atoms with E-state index in [2.05, 4.69) is 21.5 Å². The van der Waals surface area contributed by atoms with Crippen LogP contribution in [0.3, 0.4) is 0 Å². The number of ether oxygens (including phenoxy) is 1. The number of hydrogen-bond donors (Lipinski definition) is 2. The molecule has 0 bridgehead atoms. The molecular formula is C21H18N4O3. The van der Waals surface area contributed by atoms with Crippen molar-refractivity contribution in [1.82, 2.24) is 14.6 Å². The first kappa shape index (κ1) is 17.7. The maximum absolute atomic E-state index is 11.0. The zero-order valence-corrected chi connectivity index (χ0v) is 15.2. The number of aromatic nitrogens is 3. The van der Waals surface area contributed by atoms with Gasteiger partial charge in [-0.25, -0.2) is 9.31 Å². The van der Waals surface area contributed by atoms with E-state index < -0.39 is 5.97 Å². The molecule has 2 heterocycles. The van der Waals surface area contributed by atoms with E-state index in [-0.39, 0.29) is 5.56 Å². The smallest absolute Gasteiger partial charge is 0.335 e. The number of pyridine rings is 1. The number of carbonyl (C=O) groups is 1. The van der Waals surface area contributed by atoms with Crippen LogP contribution in [-0.4, -0.2) is 32.8 Å². The molecule has 0 fully saturated rings. The van der Waals surface area contributed by atoms with Crippen molar-refractivity contribution < 1.29 is 14.6 Å². The molecule has 28 heavy (non-hydrogen) atoms. The summed E-state index contributed by atoms with van der Waals surface area (Å²) in [5.74, 6) is -0.527. The third kappa shape index (κ3) is 3.56. The van der Waals surface area contributed by atoms with Gasteiger partial charge in [-0.3, -0.25) is 0 Å². The molecule has 7 heteroatoms. The summed E-state index contributed by atoms with van der Waals surface area (Å²) >= 11 is 0. The minimum atomic E-state index is -0.960. The largest absolute Gasteiger partial charge is 0.478 e. The number of rotatable bonds is 6. The molecule has 4 rings (SSSR count). The number of carboxylic acid groups (broad SMARTS) is 1. The Hall–Kier alpha value is -3.71. The van der Waals surface area contributed by atoms with E-state index >= 15 is 0 Å². The van der Waals surface area contributed by atoms with Crippen molar-refractivity contribution in [2.75, 3.05) is 12.4 Å². The monoisotopic (exact) mass is 374 g/mol. The first-order valence-corrected chi connectivity index (χ1v) is 8.68. The molecule has 140 valence electrons. The summed E-state index contributed by atoms with van der Waals surface area (Å²) in [6.45, 7) is 0.542. The van der Waals surface area contributed by atoms with E-state index in [0.29, 0.717) is 23.9 Å². The molecule has 0 spiro atoms. The fourth-order valence-corrected chi connectivity index (χ4v) is 2.99. The fourth-order valence-electron chi connectivity index (χ4n) is 2.99. The second kappa shape index (κ2) is 7.50. The van der Waals surface area contributed by atoms with Crippen LogP contribution in [0.25, 0.3) is 16.9 Å². The van der Waals surface area contributed by atoms with E-state index in [1.54, 1.807) is 23.8 Å². The van der Waals surface area contributed by atoms with E-state index in [1.165, 1.54) is 12.1 Å². The normalized spacial score (nSPS) is 10.9. The van der Waals surface area contributed by atoms with E-state index in [9.17, 15) is 4.79 Å². The zero-order valence-electron chi connectivity index (χ0n) is 15.2. The lowest BCUT2D eigenvalue weighted by Gasteiger charge is -2.06. The van der Waals surface area contributed by atoms with Crippen LogP contribution in [-0.2, 0) is 11.3 Å². The molecule has 2 aromatic heterocycles. The lowest BCUT2D eigenvalue weighted by molar-refractivity contribution is 0.0697. The molecule has 0 saturated heterocycles. The summed E-state index contributed by atoms with van der Waals surface area (Å²) in [7, 11) is 1.67. The summed E-state index contributed by atoms with van der Waals surface area (Å²) in [6.07, 6.45) is 0. The molecule has 0 amide bonds. The minimum Gasteiger partial charge on any atom is -0.478 e. The molecule has 2 N–H and O–H groups in total. The van der Waals surface area contributed by atoms with E-state index in [1.807, 2.05) is 36.4 Å². The Bertz CT molecular complexity index is 1140. The number of methoxy groups -OCH3 is 1. The van der Waals surface area contributed by atoms with Crippen LogP contribution in [0, 0.1) is 0 Å². The summed E-state index contributed by atoms with van der Waals surface area (Å²) in [4.78, 5) is 15.5. The number of aromatic carboxylic acids is 1. The standard InChI is InChI=1S/C21H18N4O3/c1-28-13-14-4-2-5-16(12-14)18-6-3-7-19-23-21(24-25(18)19)22-17-10-8-15(9-11-17)20(26)27/h2-12H,13H2,1H3,(H,22,24)(H,26,27). The van der Waals surface area contributed by atoms with Gasteiger partial charge in [0.05, 0.1) is 17.9 Å². The molecule has 4 aromatic rings. The Labute approximate surface area is 161 Å². The van der Waals surface area contributed by atoms with Crippen molar-refractivity contribution in [3.05, 3.63) is 77.9 Å². The molecular weight excluding hydrogens is 356 g/mol. The summed E-state index contributed by atoms with van der Waals surface area (Å²) < 4.78 is 7.00. The van der Waals surface area contributed by atoms with Gasteiger partial charge >= 0.3 is 5.97 Å². The molecule has 0 aliphatic carbocycles. The summed E-state index contributed by atoms with van der Waals surface area (Å²) in [5.41, 5.74) is 4.66. The van der Waals surface area contributed by atoms with Crippen LogP contribution in [0.1, 0.15) is 15.9 Å². The van der Waals surface area contributed by atoms with Crippen molar-refractivity contribution in [1.29, 1.82) is 0 Å². The van der Waals surface area contributed by atoms with Crippen LogP contribution in [0.2, 0.25) is 0 Å². The van der Waals surface area contributed by atoms with Gasteiger partial charge in [0.25, 0.3) is 0 Å². The number of nitrogens with one attached hydrogen (secondary N) is 1. The lowest BCUT2D eigenvalue weighted by Crippen LogP contribution is -1.98. The Morgan fingerprint density at radius 1 is 1.11 bits per heavy atom. The van der Waals surface area contributed by atoms with Gasteiger partial charge < -0.3 is 15.2 Å². The Morgan fingerprint density at radius 2 is 1.89 bits per heavy atom. The van der Waals surface area contributed by atoms with Crippen LogP contribution < -0.4 is 5.32 Å². The van der Waals surface area contributed by atoms with Crippen LogP contribution in [0.4, 0.5) is 11.6 Å². The maximum Gasteiger partial charge on any atom is 0.335 e. The number of carboxylic acids is 1. The number of hydrogen-bond acceptors (Lipinski definition) is 5. The predicted octanol–water partition coefficient (Wildman–Crippen LogP) is 3.98. The molecule has 0 aliphatic heterocycles. The van der Waals surface area contributed by atoms with Crippen molar-refractivity contribution in [2.24, 2.45) is 0 Å². The second-order valence-electron chi connectivity index (χ2n) is 6.26. The van der Waals surface area contributed by atoms with Crippen molar-refractivity contribution in [3.8, 4) is 11.3 Å². The van der Waals surface area contributed by atoms with Gasteiger partial charge in [-0.15, -0.1) is 5.10 Å². The van der Waals surface area contributed by atoms with Gasteiger partial charge in [-0.05, 0) is 48.0 Å². The molecule has 7 nitrogen and oxygen atoms in total. The third-order valence-electron chi connectivity index (χ3n) is 4.28. The highest BCUT2D eigenvalue weighted by Gasteiger charge is 2.10. The average molecular weight is 374 g/mol. The third-order valence-corrected chi connectivity index (χ3v) is 4.28. The number of benzene rings is 2. The highest BCUT2D eigenvalue weighted by atomic mass is 16.5. The van der Waals surface area contributed by atoms with Crippen molar-refractivity contribution in [3.63, 3.8) is 0 Å². The van der Waals surface area contributed by atoms with Gasteiger partial charge in [0.2, 0.25) is 5.95 Å². The van der Waals surface area contributed by atoms with E-state index in [4.69, 9.17) is 9.84 Å². The van der Waals surface area contributed by atoms with Crippen LogP contribution in [0.5, 0.6) is 0 Å². The zero-order chi connectivity index (χ0) is 19.5. The quantitative estimate of drug-likeness (QED) is 0.531. The van der Waals surface area contributed by atoms with E-state index in [0.717, 1.165) is 16.8 Å². The molecule has 0 saturated carbocycles. The molecule has 2 aromatic carbocycles. The van der Waals surface area contributed by atoms with Gasteiger partial charge in [0, 0.05) is 18.4 Å². The van der Waals surface area contributed by atoms with Gasteiger partial charge in [-0.1, -0.05) is 24.3 Å². The topological polar surface area (TPSA) is 88.8 Å². The van der Waals surface area contributed by atoms with Crippen molar-refractivity contribution >= 4 is 23.3 Å². The minimum absolute atomic E-state index is 0.228. The Morgan fingerprint density at radius 3 is 2.64 bits per heavy atom. The number of fused-ring (bicyclic) bond motifs is 1. The lowest BCUT2D eigenvalue weighted by atomic mass is 10.1. The summed E-state index contributed by atoms with van der Waals surface area (Å²) in [6, 6.07) is 20.3. The average Bonchev–Trinajstić information content (AvgIpc) is 3.11. The summed E-state index contributed by atoms with van der Waals surface area (Å²) in [5, 5.41) is 16.7. The Kier molecular flexibility index (Phi) is 4.74. The number of nitrogens with zero attached hydrogens (tertiary/aromatic N) is 3. The first-order valence-electron chi connectivity index (χ1n) is 8.68. The number of anilines is 2. The van der Waals surface area contributed by atoms with Crippen LogP contribution in [0.15, 0.2) is 66.7 Å². The molecule has 0 aliphatic rings. The van der Waals surface area contributed by atoms with Crippen LogP contribution >= 0.6 is 0 Å². The van der Waals surface area contributed by atoms with Gasteiger partial charge in [0.15, 0.2) is 5.65 Å². The molecule has 0 radical (unpaired) electrons. The predicted molar refractivity (Wildman–Crippen MR) is 106 cm³/mol. The van der Waals surface area contributed by atoms with Gasteiger partial charge in [0.1, 0.15) is 0 Å². The molecule has 0 unspecified atom stereocenters. The van der Waals surface area contributed by atoms with Crippen molar-refractivity contribution in [2.45, 2.75) is 6.61 Å². The SMILES string of the molecule is COCc1cccc(-c2cccc3nc(Nc4ccc(C(=O)O)cc4)nn23)c1. The highest BCUT2D eigenvalue weighted by Crippen LogP contribution is 2.23. The maximum atomic E-state index is 11.0. The highest BCUT2D eigenvalue weighted by molar-refractivity contribution is 5.88.